The number of nitrogens with two attached hydrogens (primary N) is 1. The topological polar surface area (TPSA) is 89.6 Å². The Morgan fingerprint density at radius 1 is 1.08 bits per heavy atom. The maximum absolute atomic E-state index is 11.9. The first kappa shape index (κ1) is 40.0. The molecule has 6 rings (SSSR count). The molecule has 3 atom stereocenters. The summed E-state index contributed by atoms with van der Waals surface area (Å²) in [6.07, 6.45) is 17.7. The average molecular weight is 689 g/mol. The minimum atomic E-state index is -0.361. The number of nitrogens with zero attached hydrogens (tertiary/aromatic N) is 2. The highest BCUT2D eigenvalue weighted by Crippen LogP contribution is 2.71. The number of hydrogen-bond donors (Lipinski definition) is 3. The van der Waals surface area contributed by atoms with Crippen LogP contribution in [0.2, 0.25) is 0 Å². The second kappa shape index (κ2) is 17.0. The van der Waals surface area contributed by atoms with E-state index in [1.54, 1.807) is 18.3 Å². The Bertz CT molecular complexity index is 1610. The van der Waals surface area contributed by atoms with E-state index < -0.39 is 0 Å². The van der Waals surface area contributed by atoms with Crippen LogP contribution in [0.4, 0.5) is 0 Å². The van der Waals surface area contributed by atoms with Crippen molar-refractivity contribution in [2.75, 3.05) is 21.2 Å². The molecule has 7 nitrogen and oxygen atoms in total. The monoisotopic (exact) mass is 688 g/mol. The summed E-state index contributed by atoms with van der Waals surface area (Å²) < 4.78 is 9.64. The van der Waals surface area contributed by atoms with Crippen LogP contribution in [-0.2, 0) is 17.8 Å². The number of carbonyl (C=O) groups is 2. The van der Waals surface area contributed by atoms with E-state index in [4.69, 9.17) is 10.5 Å². The molecular formula is C41H60N4O3S. The Hall–Kier alpha value is -3.41. The van der Waals surface area contributed by atoms with Crippen molar-refractivity contribution in [1.29, 1.82) is 0 Å². The first-order chi connectivity index (χ1) is 23.2. The Kier molecular flexibility index (Phi) is 13.9. The molecule has 2 fully saturated rings. The number of amides is 2. The van der Waals surface area contributed by atoms with Gasteiger partial charge >= 0.3 is 0 Å². The average Bonchev–Trinajstić information content (AvgIpc) is 3.44. The third-order valence-electron chi connectivity index (χ3n) is 11.3. The van der Waals surface area contributed by atoms with Crippen molar-refractivity contribution >= 4 is 35.5 Å². The first-order valence-corrected chi connectivity index (χ1v) is 18.2. The van der Waals surface area contributed by atoms with Crippen molar-refractivity contribution in [2.45, 2.75) is 111 Å². The number of terminal acetylenes is 1. The van der Waals surface area contributed by atoms with Gasteiger partial charge in [0.25, 0.3) is 0 Å². The summed E-state index contributed by atoms with van der Waals surface area (Å²) in [6, 6.07) is 12.8. The zero-order valence-electron chi connectivity index (χ0n) is 31.4. The Balaban J connectivity index is 0.000000273. The van der Waals surface area contributed by atoms with Gasteiger partial charge in [-0.15, -0.1) is 12.8 Å². The van der Waals surface area contributed by atoms with Crippen molar-refractivity contribution in [2.24, 2.45) is 22.5 Å². The third kappa shape index (κ3) is 8.67. The molecule has 3 N–H and O–H groups in total. The SMILES string of the molecule is C#C.CCC1(C)C([C@@H](C)NC(C)=O)C1(C)C.CN(C)S.COc1ccc2c(c1)CCCn1c-2c(C2CCCCC2)c2ccc(C(N)=O)cc21. The van der Waals surface area contributed by atoms with Gasteiger partial charge in [0.2, 0.25) is 11.8 Å². The van der Waals surface area contributed by atoms with Gasteiger partial charge < -0.3 is 20.4 Å². The molecule has 3 aliphatic rings. The maximum atomic E-state index is 11.9. The fraction of sp³-hybridized carbons (Fsp3) is 0.561. The van der Waals surface area contributed by atoms with Crippen LogP contribution in [0.25, 0.3) is 22.2 Å². The molecule has 0 radical (unpaired) electrons. The molecule has 2 aromatic carbocycles. The summed E-state index contributed by atoms with van der Waals surface area (Å²) in [5, 5.41) is 4.30. The molecule has 268 valence electrons. The third-order valence-corrected chi connectivity index (χ3v) is 11.3. The van der Waals surface area contributed by atoms with E-state index in [0.717, 1.165) is 30.7 Å². The fourth-order valence-corrected chi connectivity index (χ4v) is 8.79. The second-order valence-electron chi connectivity index (χ2n) is 14.8. The number of rotatable bonds is 6. The van der Waals surface area contributed by atoms with Gasteiger partial charge in [-0.3, -0.25) is 13.9 Å². The van der Waals surface area contributed by atoms with Gasteiger partial charge in [0.1, 0.15) is 5.75 Å². The van der Waals surface area contributed by atoms with E-state index in [1.165, 1.54) is 66.3 Å². The van der Waals surface area contributed by atoms with Crippen molar-refractivity contribution < 1.29 is 14.3 Å². The van der Waals surface area contributed by atoms with E-state index in [1.807, 2.05) is 26.2 Å². The molecule has 0 bridgehead atoms. The lowest BCUT2D eigenvalue weighted by Crippen LogP contribution is -2.34. The molecule has 3 aromatic rings. The molecule has 2 heterocycles. The predicted octanol–water partition coefficient (Wildman–Crippen LogP) is 8.64. The van der Waals surface area contributed by atoms with Crippen LogP contribution in [0.1, 0.15) is 114 Å². The molecule has 1 aliphatic heterocycles. The summed E-state index contributed by atoms with van der Waals surface area (Å²) in [6.45, 7) is 13.8. The lowest BCUT2D eigenvalue weighted by Gasteiger charge is -2.24. The van der Waals surface area contributed by atoms with Crippen LogP contribution in [0.5, 0.6) is 5.75 Å². The number of fused-ring (bicyclic) bond motifs is 5. The highest BCUT2D eigenvalue weighted by atomic mass is 32.1. The first-order valence-electron chi connectivity index (χ1n) is 17.8. The van der Waals surface area contributed by atoms with Crippen LogP contribution in [0, 0.1) is 29.6 Å². The minimum absolute atomic E-state index is 0.0821. The molecule has 1 aromatic heterocycles. The molecular weight excluding hydrogens is 629 g/mol. The zero-order valence-corrected chi connectivity index (χ0v) is 32.3. The van der Waals surface area contributed by atoms with E-state index in [0.29, 0.717) is 34.3 Å². The number of aromatic nitrogens is 1. The largest absolute Gasteiger partial charge is 0.497 e. The second-order valence-corrected chi connectivity index (χ2v) is 15.6. The predicted molar refractivity (Wildman–Crippen MR) is 208 cm³/mol. The van der Waals surface area contributed by atoms with Gasteiger partial charge in [-0.05, 0) is 117 Å². The number of methoxy groups -OCH3 is 1. The van der Waals surface area contributed by atoms with E-state index in [9.17, 15) is 9.59 Å². The quantitative estimate of drug-likeness (QED) is 0.179. The smallest absolute Gasteiger partial charge is 0.248 e. The van der Waals surface area contributed by atoms with Gasteiger partial charge in [-0.1, -0.05) is 65.8 Å². The van der Waals surface area contributed by atoms with Gasteiger partial charge in [-0.25, -0.2) is 0 Å². The highest BCUT2D eigenvalue weighted by molar-refractivity contribution is 7.77. The van der Waals surface area contributed by atoms with E-state index in [-0.39, 0.29) is 11.8 Å². The van der Waals surface area contributed by atoms with E-state index in [2.05, 4.69) is 94.4 Å². The Labute approximate surface area is 301 Å². The van der Waals surface area contributed by atoms with Crippen molar-refractivity contribution in [3.05, 3.63) is 53.1 Å². The van der Waals surface area contributed by atoms with Crippen molar-refractivity contribution in [3.8, 4) is 29.9 Å². The standard InChI is InChI=1S/C25H28N2O2.C12H23NO.C2H7NS.C2H2/c1-29-19-10-12-20-17(14-19)8-5-13-27-22-15-18(25(26)28)9-11-21(22)23(24(20)27)16-6-3-2-4-7-16;1-7-12(6)10(11(12,4)5)8(2)13-9(3)14;1-3(2)4;1-2/h9-12,14-16H,2-8,13H2,1H3,(H2,26,28);8,10H,7H2,1-6H3,(H,13,14);4H,1-2H3;1-2H/t;8-,10?,12?;;/m.1../s1. The van der Waals surface area contributed by atoms with Crippen LogP contribution < -0.4 is 15.8 Å². The highest BCUT2D eigenvalue weighted by Gasteiger charge is 2.68. The maximum Gasteiger partial charge on any atom is 0.248 e. The molecule has 49 heavy (non-hydrogen) atoms. The number of hydrogen-bond acceptors (Lipinski definition) is 5. The number of nitrogens with one attached hydrogen (secondary N) is 1. The summed E-state index contributed by atoms with van der Waals surface area (Å²) in [5.74, 6) is 1.83. The van der Waals surface area contributed by atoms with Crippen molar-refractivity contribution in [1.82, 2.24) is 14.2 Å². The lowest BCUT2D eigenvalue weighted by molar-refractivity contribution is -0.119. The zero-order chi connectivity index (χ0) is 36.7. The number of ether oxygens (including phenoxy) is 1. The molecule has 8 heteroatoms. The molecule has 2 amide bonds. The van der Waals surface area contributed by atoms with Crippen LogP contribution >= 0.6 is 12.8 Å². The lowest BCUT2D eigenvalue weighted by atomic mass is 9.81. The number of thiol groups is 1. The fourth-order valence-electron chi connectivity index (χ4n) is 8.79. The van der Waals surface area contributed by atoms with Crippen molar-refractivity contribution in [3.63, 3.8) is 0 Å². The minimum Gasteiger partial charge on any atom is -0.497 e. The van der Waals surface area contributed by atoms with Crippen LogP contribution in [0.15, 0.2) is 36.4 Å². The number of benzene rings is 2. The Morgan fingerprint density at radius 3 is 2.24 bits per heavy atom. The van der Waals surface area contributed by atoms with Gasteiger partial charge in [0.15, 0.2) is 0 Å². The summed E-state index contributed by atoms with van der Waals surface area (Å²) >= 11 is 3.80. The summed E-state index contributed by atoms with van der Waals surface area (Å²) in [7, 11) is 5.46. The molecule has 2 saturated carbocycles. The molecule has 0 saturated heterocycles. The number of aryl methyl sites for hydroxylation is 2. The normalized spacial score (nSPS) is 21.1. The summed E-state index contributed by atoms with van der Waals surface area (Å²) in [4.78, 5) is 22.8. The van der Waals surface area contributed by atoms with Crippen LogP contribution in [-0.4, -0.2) is 47.9 Å². The van der Waals surface area contributed by atoms with E-state index >= 15 is 0 Å². The van der Waals surface area contributed by atoms with Crippen LogP contribution in [0.3, 0.4) is 0 Å². The Morgan fingerprint density at radius 2 is 1.71 bits per heavy atom. The van der Waals surface area contributed by atoms with Gasteiger partial charge in [0, 0.05) is 41.5 Å². The van der Waals surface area contributed by atoms with Gasteiger partial charge in [0.05, 0.1) is 12.8 Å². The molecule has 2 unspecified atom stereocenters. The number of carbonyl (C=O) groups excluding carboxylic acids is 2. The summed E-state index contributed by atoms with van der Waals surface area (Å²) in [5.41, 5.74) is 13.6. The number of primary amides is 1. The molecule has 2 aliphatic carbocycles. The van der Waals surface area contributed by atoms with Gasteiger partial charge in [-0.2, -0.15) is 0 Å². The molecule has 0 spiro atoms.